The molecule has 6 heteroatoms. The summed E-state index contributed by atoms with van der Waals surface area (Å²) in [7, 11) is 0. The van der Waals surface area contributed by atoms with Gasteiger partial charge in [0.05, 0.1) is 52.7 Å². The average molecular weight is 943 g/mol. The zero-order valence-electron chi connectivity index (χ0n) is 43.4. The maximum Gasteiger partial charge on any atom is 0.0891 e. The summed E-state index contributed by atoms with van der Waals surface area (Å²) in [5.74, 6) is 0.311. The standard InChI is InChI=1S/C66H66N6/c1-64(2,3)61(70-55-40-67-58(43-25-13-10-14-26-43)52-34-22-19-31-49(52)55)46-37-47(62(65(4,5)6)71-56-41-68-59(44-27-15-11-16-28-44)53-35-23-20-32-50(53)56)39-48(38-46)63(66(7,8)9)72-57-42-69-60(45-29-17-12-18-30-45)54-36-24-21-33-51(54)57/h10-36,40-42,46-48H,37-39H2,1-9H3/b70-61+,71-62+,72-63+. The van der Waals surface area contributed by atoms with Crippen LogP contribution in [-0.2, 0) is 0 Å². The van der Waals surface area contributed by atoms with Crippen LogP contribution in [0.5, 0.6) is 0 Å². The van der Waals surface area contributed by atoms with E-state index in [1.807, 2.05) is 18.6 Å². The van der Waals surface area contributed by atoms with Crippen LogP contribution in [0.3, 0.4) is 0 Å². The van der Waals surface area contributed by atoms with E-state index in [1.165, 1.54) is 17.1 Å². The predicted molar refractivity (Wildman–Crippen MR) is 306 cm³/mol. The van der Waals surface area contributed by atoms with Crippen molar-refractivity contribution in [1.29, 1.82) is 0 Å². The van der Waals surface area contributed by atoms with Crippen molar-refractivity contribution in [1.82, 2.24) is 15.0 Å². The minimum Gasteiger partial charge on any atom is -0.255 e. The highest BCUT2D eigenvalue weighted by atomic mass is 14.9. The van der Waals surface area contributed by atoms with Gasteiger partial charge in [0.25, 0.3) is 0 Å². The molecule has 3 heterocycles. The Hall–Kier alpha value is -7.44. The van der Waals surface area contributed by atoms with Gasteiger partial charge in [-0.1, -0.05) is 226 Å². The van der Waals surface area contributed by atoms with E-state index in [0.29, 0.717) is 0 Å². The van der Waals surface area contributed by atoms with E-state index in [9.17, 15) is 0 Å². The Morgan fingerprint density at radius 2 is 0.542 bits per heavy atom. The first-order valence-corrected chi connectivity index (χ1v) is 25.7. The zero-order valence-corrected chi connectivity index (χ0v) is 43.4. The van der Waals surface area contributed by atoms with Gasteiger partial charge in [0.1, 0.15) is 0 Å². The summed E-state index contributed by atoms with van der Waals surface area (Å²) in [6, 6.07) is 57.2. The van der Waals surface area contributed by atoms with Crippen molar-refractivity contribution in [3.8, 4) is 33.8 Å². The lowest BCUT2D eigenvalue weighted by Gasteiger charge is -2.43. The molecule has 360 valence electrons. The van der Waals surface area contributed by atoms with Gasteiger partial charge in [-0.2, -0.15) is 0 Å². The lowest BCUT2D eigenvalue weighted by Crippen LogP contribution is -2.43. The Morgan fingerprint density at radius 1 is 0.319 bits per heavy atom. The number of rotatable bonds is 9. The van der Waals surface area contributed by atoms with Crippen molar-refractivity contribution < 1.29 is 0 Å². The second-order valence-corrected chi connectivity index (χ2v) is 22.7. The van der Waals surface area contributed by atoms with Crippen molar-refractivity contribution in [2.24, 2.45) is 49.0 Å². The van der Waals surface area contributed by atoms with Gasteiger partial charge in [-0.25, -0.2) is 0 Å². The SMILES string of the molecule is CC(C)(C)/C(=N/c1cnc(-c2ccccc2)c2ccccc12)C1CC(/C(=N\c2cnc(-c3ccccc3)c3ccccc23)C(C)(C)C)CC(/C(=N\c2cnc(-c3ccccc3)c3ccccc23)C(C)(C)C)C1. The number of benzene rings is 6. The lowest BCUT2D eigenvalue weighted by atomic mass is 9.62. The predicted octanol–water partition coefficient (Wildman–Crippen LogP) is 18.1. The minimum atomic E-state index is -0.269. The number of aromatic nitrogens is 3. The number of aliphatic imine (C=N–C) groups is 3. The van der Waals surface area contributed by atoms with E-state index < -0.39 is 0 Å². The maximum atomic E-state index is 5.81. The first-order chi connectivity index (χ1) is 34.6. The molecule has 0 aliphatic heterocycles. The Labute approximate surface area is 426 Å². The van der Waals surface area contributed by atoms with E-state index >= 15 is 0 Å². The minimum absolute atomic E-state index is 0.104. The molecule has 10 rings (SSSR count). The monoisotopic (exact) mass is 943 g/mol. The second-order valence-electron chi connectivity index (χ2n) is 22.7. The fourth-order valence-electron chi connectivity index (χ4n) is 11.3. The number of hydrogen-bond donors (Lipinski definition) is 0. The molecule has 6 nitrogen and oxygen atoms in total. The summed E-state index contributed by atoms with van der Waals surface area (Å²) in [6.07, 6.45) is 8.68. The third-order valence-corrected chi connectivity index (χ3v) is 14.4. The van der Waals surface area contributed by atoms with Crippen molar-refractivity contribution >= 4 is 66.5 Å². The van der Waals surface area contributed by atoms with Gasteiger partial charge >= 0.3 is 0 Å². The van der Waals surface area contributed by atoms with E-state index in [0.717, 1.165) is 102 Å². The summed E-state index contributed by atoms with van der Waals surface area (Å²) in [6.45, 7) is 20.9. The summed E-state index contributed by atoms with van der Waals surface area (Å²) in [5, 5.41) is 6.59. The van der Waals surface area contributed by atoms with Crippen LogP contribution in [0.25, 0.3) is 66.1 Å². The van der Waals surface area contributed by atoms with Crippen LogP contribution in [0, 0.1) is 34.0 Å². The van der Waals surface area contributed by atoms with Crippen LogP contribution < -0.4 is 0 Å². The van der Waals surface area contributed by atoms with Crippen molar-refractivity contribution in [2.45, 2.75) is 81.6 Å². The molecule has 1 aliphatic carbocycles. The van der Waals surface area contributed by atoms with E-state index in [1.54, 1.807) is 0 Å². The molecule has 0 N–H and O–H groups in total. The fourth-order valence-corrected chi connectivity index (χ4v) is 11.3. The topological polar surface area (TPSA) is 75.8 Å². The largest absolute Gasteiger partial charge is 0.255 e. The van der Waals surface area contributed by atoms with Gasteiger partial charge in [0.2, 0.25) is 0 Å². The fraction of sp³-hybridized carbons (Fsp3) is 0.273. The Balaban J connectivity index is 1.15. The number of fused-ring (bicyclic) bond motifs is 3. The van der Waals surface area contributed by atoms with Crippen LogP contribution in [-0.4, -0.2) is 32.1 Å². The summed E-state index contributed by atoms with van der Waals surface area (Å²) < 4.78 is 0. The number of pyridine rings is 3. The van der Waals surface area contributed by atoms with Gasteiger partial charge in [0.15, 0.2) is 0 Å². The van der Waals surface area contributed by atoms with Crippen LogP contribution in [0.15, 0.2) is 197 Å². The van der Waals surface area contributed by atoms with Crippen LogP contribution in [0.4, 0.5) is 17.1 Å². The third-order valence-electron chi connectivity index (χ3n) is 14.4. The first-order valence-electron chi connectivity index (χ1n) is 25.7. The highest BCUT2D eigenvalue weighted by Crippen LogP contribution is 2.47. The van der Waals surface area contributed by atoms with Gasteiger partial charge in [0, 0.05) is 82.4 Å². The maximum absolute atomic E-state index is 5.81. The molecule has 3 aromatic heterocycles. The molecule has 0 saturated heterocycles. The van der Waals surface area contributed by atoms with Crippen molar-refractivity contribution in [3.63, 3.8) is 0 Å². The summed E-state index contributed by atoms with van der Waals surface area (Å²) in [5.41, 5.74) is 11.6. The zero-order chi connectivity index (χ0) is 50.2. The molecule has 6 aromatic carbocycles. The third kappa shape index (κ3) is 9.92. The Kier molecular flexibility index (Phi) is 13.1. The molecule has 1 fully saturated rings. The van der Waals surface area contributed by atoms with Gasteiger partial charge < -0.3 is 0 Å². The molecular weight excluding hydrogens is 877 g/mol. The normalized spacial score (nSPS) is 17.5. The highest BCUT2D eigenvalue weighted by Gasteiger charge is 2.43. The lowest BCUT2D eigenvalue weighted by molar-refractivity contribution is 0.301. The Bertz CT molecular complexity index is 3120. The molecular formula is C66H66N6. The Morgan fingerprint density at radius 3 is 0.778 bits per heavy atom. The summed E-state index contributed by atoms with van der Waals surface area (Å²) >= 11 is 0. The van der Waals surface area contributed by atoms with Crippen LogP contribution in [0.1, 0.15) is 81.6 Å². The molecule has 0 amide bonds. The van der Waals surface area contributed by atoms with E-state index in [4.69, 9.17) is 29.9 Å². The molecule has 0 unspecified atom stereocenters. The summed E-state index contributed by atoms with van der Waals surface area (Å²) in [4.78, 5) is 32.9. The molecule has 0 bridgehead atoms. The van der Waals surface area contributed by atoms with Gasteiger partial charge in [-0.05, 0) is 37.0 Å². The molecule has 0 radical (unpaired) electrons. The average Bonchev–Trinajstić information content (AvgIpc) is 3.38. The molecule has 0 spiro atoms. The van der Waals surface area contributed by atoms with Gasteiger partial charge in [-0.15, -0.1) is 0 Å². The second kappa shape index (κ2) is 19.6. The highest BCUT2D eigenvalue weighted by molar-refractivity contribution is 6.07. The molecule has 0 atom stereocenters. The first kappa shape index (κ1) is 48.2. The van der Waals surface area contributed by atoms with Crippen LogP contribution >= 0.6 is 0 Å². The smallest absolute Gasteiger partial charge is 0.0891 e. The number of nitrogens with zero attached hydrogens (tertiary/aromatic N) is 6. The molecule has 1 aliphatic rings. The molecule has 1 saturated carbocycles. The van der Waals surface area contributed by atoms with Crippen molar-refractivity contribution in [3.05, 3.63) is 182 Å². The van der Waals surface area contributed by atoms with Gasteiger partial charge in [-0.3, -0.25) is 29.9 Å². The van der Waals surface area contributed by atoms with E-state index in [2.05, 4.69) is 226 Å². The van der Waals surface area contributed by atoms with Crippen LogP contribution in [0.2, 0.25) is 0 Å². The molecule has 9 aromatic rings. The quantitative estimate of drug-likeness (QED) is 0.135. The molecule has 72 heavy (non-hydrogen) atoms. The number of hydrogen-bond acceptors (Lipinski definition) is 6. The van der Waals surface area contributed by atoms with Crippen molar-refractivity contribution in [2.75, 3.05) is 0 Å². The van der Waals surface area contributed by atoms with E-state index in [-0.39, 0.29) is 34.0 Å².